The number of rotatable bonds is 5. The maximum Gasteiger partial charge on any atom is 0.331 e. The number of nitriles is 1. The van der Waals surface area contributed by atoms with Crippen LogP contribution in [0.3, 0.4) is 0 Å². The van der Waals surface area contributed by atoms with Crippen molar-refractivity contribution in [2.24, 2.45) is 28.6 Å². The zero-order valence-electron chi connectivity index (χ0n) is 26.1. The van der Waals surface area contributed by atoms with Crippen LogP contribution < -0.4 is 0 Å². The second-order valence-electron chi connectivity index (χ2n) is 14.4. The van der Waals surface area contributed by atoms with E-state index in [1.165, 1.54) is 13.8 Å². The molecule has 11 nitrogen and oxygen atoms in total. The maximum atomic E-state index is 12.5. The summed E-state index contributed by atoms with van der Waals surface area (Å²) in [6.07, 6.45) is 3.53. The minimum Gasteiger partial charge on any atom is -0.458 e. The number of carbonyl (C=O) groups is 3. The van der Waals surface area contributed by atoms with Gasteiger partial charge in [-0.15, -0.1) is 0 Å². The van der Waals surface area contributed by atoms with Crippen molar-refractivity contribution in [3.05, 3.63) is 11.6 Å². The first-order valence-electron chi connectivity index (χ1n) is 16.1. The Bertz CT molecular complexity index is 1280. The highest BCUT2D eigenvalue weighted by atomic mass is 16.7. The summed E-state index contributed by atoms with van der Waals surface area (Å²) in [6.45, 7) is 6.74. The molecule has 44 heavy (non-hydrogen) atoms. The summed E-state index contributed by atoms with van der Waals surface area (Å²) in [5.41, 5.74) is -2.78. The van der Waals surface area contributed by atoms with Gasteiger partial charge in [0.25, 0.3) is 0 Å². The van der Waals surface area contributed by atoms with E-state index in [1.54, 1.807) is 13.0 Å². The van der Waals surface area contributed by atoms with Crippen molar-refractivity contribution in [1.82, 2.24) is 0 Å². The van der Waals surface area contributed by atoms with Gasteiger partial charge in [0.2, 0.25) is 0 Å². The molecule has 5 fully saturated rings. The van der Waals surface area contributed by atoms with E-state index in [-0.39, 0.29) is 43.2 Å². The normalized spacial score (nSPS) is 48.1. The zero-order chi connectivity index (χ0) is 31.7. The van der Waals surface area contributed by atoms with E-state index in [2.05, 4.69) is 13.0 Å². The first kappa shape index (κ1) is 31.5. The Hall–Kier alpha value is -2.52. The summed E-state index contributed by atoms with van der Waals surface area (Å²) in [5.74, 6) is -1.56. The maximum absolute atomic E-state index is 12.5. The number of esters is 3. The van der Waals surface area contributed by atoms with Gasteiger partial charge >= 0.3 is 17.9 Å². The molecule has 6 aliphatic rings. The average molecular weight is 616 g/mol. The van der Waals surface area contributed by atoms with Gasteiger partial charge in [-0.3, -0.25) is 9.59 Å². The second-order valence-corrected chi connectivity index (χ2v) is 14.4. The molecule has 4 saturated carbocycles. The third kappa shape index (κ3) is 4.79. The highest BCUT2D eigenvalue weighted by Gasteiger charge is 2.72. The van der Waals surface area contributed by atoms with Crippen LogP contribution in [0.25, 0.3) is 0 Å². The van der Waals surface area contributed by atoms with Crippen molar-refractivity contribution in [3.63, 3.8) is 0 Å². The molecule has 11 heteroatoms. The van der Waals surface area contributed by atoms with Gasteiger partial charge in [0, 0.05) is 38.2 Å². The molecule has 0 aromatic carbocycles. The number of carbonyl (C=O) groups excluding carboxylic acids is 3. The molecule has 0 aromatic heterocycles. The molecule has 0 radical (unpaired) electrons. The van der Waals surface area contributed by atoms with E-state index in [1.807, 2.05) is 0 Å². The topological polar surface area (TPSA) is 162 Å². The molecule has 2 N–H and O–H groups in total. The molecular formula is C33H45NO10. The molecule has 1 saturated heterocycles. The number of nitrogens with zero attached hydrogens (tertiary/aromatic N) is 1. The smallest absolute Gasteiger partial charge is 0.331 e. The van der Waals surface area contributed by atoms with Gasteiger partial charge in [-0.05, 0) is 81.6 Å². The Labute approximate surface area is 258 Å². The third-order valence-corrected chi connectivity index (χ3v) is 12.3. The van der Waals surface area contributed by atoms with Gasteiger partial charge in [-0.2, -0.15) is 5.26 Å². The first-order chi connectivity index (χ1) is 20.7. The minimum absolute atomic E-state index is 0.0528. The van der Waals surface area contributed by atoms with Crippen molar-refractivity contribution in [1.29, 1.82) is 5.26 Å². The predicted octanol–water partition coefficient (Wildman–Crippen LogP) is 3.25. The summed E-state index contributed by atoms with van der Waals surface area (Å²) >= 11 is 0. The number of hydrogen-bond acceptors (Lipinski definition) is 11. The van der Waals surface area contributed by atoms with Gasteiger partial charge in [0.1, 0.15) is 12.7 Å². The highest BCUT2D eigenvalue weighted by Crippen LogP contribution is 2.70. The highest BCUT2D eigenvalue weighted by molar-refractivity contribution is 5.85. The van der Waals surface area contributed by atoms with Crippen LogP contribution in [0.2, 0.25) is 0 Å². The van der Waals surface area contributed by atoms with Gasteiger partial charge in [-0.1, -0.05) is 6.92 Å². The minimum atomic E-state index is -1.29. The predicted molar refractivity (Wildman–Crippen MR) is 152 cm³/mol. The molecule has 6 rings (SSSR count). The fourth-order valence-electron chi connectivity index (χ4n) is 10.4. The van der Waals surface area contributed by atoms with Crippen LogP contribution in [-0.2, 0) is 38.1 Å². The van der Waals surface area contributed by atoms with Crippen LogP contribution in [0.15, 0.2) is 11.6 Å². The molecule has 0 aromatic rings. The van der Waals surface area contributed by atoms with Gasteiger partial charge in [0.05, 0.1) is 34.9 Å². The van der Waals surface area contributed by atoms with Crippen molar-refractivity contribution in [2.75, 3.05) is 6.61 Å². The lowest BCUT2D eigenvalue weighted by molar-refractivity contribution is -0.287. The van der Waals surface area contributed by atoms with Crippen LogP contribution in [0.1, 0.15) is 91.9 Å². The van der Waals surface area contributed by atoms with Crippen LogP contribution in [-0.4, -0.2) is 76.6 Å². The van der Waals surface area contributed by atoms with Crippen molar-refractivity contribution >= 4 is 17.9 Å². The molecule has 0 spiro atoms. The molecule has 4 aliphatic carbocycles. The number of aliphatic hydroxyl groups is 2. The van der Waals surface area contributed by atoms with Crippen LogP contribution >= 0.6 is 0 Å². The molecule has 0 amide bonds. The largest absolute Gasteiger partial charge is 0.458 e. The lowest BCUT2D eigenvalue weighted by Crippen LogP contribution is -2.68. The monoisotopic (exact) mass is 615 g/mol. The van der Waals surface area contributed by atoms with Crippen molar-refractivity contribution < 1.29 is 48.3 Å². The Morgan fingerprint density at radius 1 is 1.02 bits per heavy atom. The number of fused-ring (bicyclic) bond motifs is 5. The summed E-state index contributed by atoms with van der Waals surface area (Å²) in [7, 11) is 0. The Morgan fingerprint density at radius 2 is 1.75 bits per heavy atom. The number of cyclic esters (lactones) is 1. The van der Waals surface area contributed by atoms with E-state index < -0.39 is 64.7 Å². The Balaban J connectivity index is 1.18. The molecule has 0 unspecified atom stereocenters. The van der Waals surface area contributed by atoms with E-state index in [0.29, 0.717) is 44.9 Å². The fourth-order valence-corrected chi connectivity index (χ4v) is 10.4. The SMILES string of the molecule is CC(=O)O[C@@H]1[C@H](C)O[C@@H](O[C@@H]2CC[C@]3(C#N)[C@H]4CC[C@]5(C)[C@H](C6=CC(=O)OC6)CC[C@]5(O)[C@@H]4CC[C@]3(O)C2)C[C@H]1OC(C)=O. The molecule has 2 heterocycles. The van der Waals surface area contributed by atoms with E-state index in [9.17, 15) is 29.9 Å². The second kappa shape index (κ2) is 11.1. The average Bonchev–Trinajstić information content (AvgIpc) is 3.49. The lowest BCUT2D eigenvalue weighted by atomic mass is 9.41. The third-order valence-electron chi connectivity index (χ3n) is 12.3. The molecular weight excluding hydrogens is 570 g/mol. The molecule has 242 valence electrons. The quantitative estimate of drug-likeness (QED) is 0.265. The summed E-state index contributed by atoms with van der Waals surface area (Å²) in [5, 5.41) is 35.5. The summed E-state index contributed by atoms with van der Waals surface area (Å²) in [4.78, 5) is 35.3. The fraction of sp³-hybridized carbons (Fsp3) is 0.818. The van der Waals surface area contributed by atoms with Crippen molar-refractivity contribution in [3.8, 4) is 6.07 Å². The number of ether oxygens (including phenoxy) is 5. The molecule has 2 aliphatic heterocycles. The summed E-state index contributed by atoms with van der Waals surface area (Å²) < 4.78 is 28.5. The summed E-state index contributed by atoms with van der Waals surface area (Å²) in [6, 6.07) is 2.59. The Kier molecular flexibility index (Phi) is 7.92. The Morgan fingerprint density at radius 3 is 2.41 bits per heavy atom. The zero-order valence-corrected chi connectivity index (χ0v) is 26.1. The molecule has 12 atom stereocenters. The van der Waals surface area contributed by atoms with E-state index >= 15 is 0 Å². The van der Waals surface area contributed by atoms with E-state index in [4.69, 9.17) is 23.7 Å². The van der Waals surface area contributed by atoms with Gasteiger partial charge < -0.3 is 33.9 Å². The van der Waals surface area contributed by atoms with Crippen LogP contribution in [0.4, 0.5) is 0 Å². The first-order valence-corrected chi connectivity index (χ1v) is 16.1. The standard InChI is InChI=1S/C33H45NO10/c1-18-29(43-20(3)36)26(42-19(2)35)14-28(41-18)44-22-5-10-31(17-34)24-6-9-30(4)23(21-13-27(37)40-16-21)8-12-33(30,39)25(24)7-11-32(31,38)15-22/h13,18,22-26,28-29,38-39H,5-12,14-16H2,1-4H3/t18-,22+,23-,24-,25+,26+,28-,29+,30+,31-,32-,33-/m0/s1. The lowest BCUT2D eigenvalue weighted by Gasteiger charge is -2.64. The molecule has 0 bridgehead atoms. The number of hydrogen-bond donors (Lipinski definition) is 2. The van der Waals surface area contributed by atoms with Gasteiger partial charge in [0.15, 0.2) is 12.4 Å². The van der Waals surface area contributed by atoms with Crippen molar-refractivity contribution in [2.45, 2.75) is 134 Å². The van der Waals surface area contributed by atoms with E-state index in [0.717, 1.165) is 12.0 Å². The van der Waals surface area contributed by atoms with Gasteiger partial charge in [-0.25, -0.2) is 4.79 Å². The van der Waals surface area contributed by atoms with Crippen LogP contribution in [0.5, 0.6) is 0 Å². The van der Waals surface area contributed by atoms with Crippen LogP contribution in [0, 0.1) is 39.9 Å².